The number of aromatic nitrogens is 4. The Hall–Kier alpha value is -3.16. The second kappa shape index (κ2) is 7.83. The van der Waals surface area contributed by atoms with Gasteiger partial charge < -0.3 is 9.30 Å². The molecule has 2 aromatic heterocycles. The van der Waals surface area contributed by atoms with E-state index in [1.165, 1.54) is 15.5 Å². The first-order chi connectivity index (χ1) is 14.7. The molecule has 3 aromatic rings. The van der Waals surface area contributed by atoms with Crippen LogP contribution in [0, 0.1) is 5.41 Å². The molecule has 1 aromatic carbocycles. The van der Waals surface area contributed by atoms with E-state index in [0.29, 0.717) is 11.4 Å². The average Bonchev–Trinajstić information content (AvgIpc) is 3.38. The van der Waals surface area contributed by atoms with E-state index in [1.54, 1.807) is 35.9 Å². The fourth-order valence-corrected chi connectivity index (χ4v) is 4.13. The summed E-state index contributed by atoms with van der Waals surface area (Å²) in [5.74, 6) is 0.580. The number of ketones is 1. The highest BCUT2D eigenvalue weighted by atomic mass is 16.5. The van der Waals surface area contributed by atoms with Crippen LogP contribution in [-0.4, -0.2) is 31.6 Å². The summed E-state index contributed by atoms with van der Waals surface area (Å²) in [6, 6.07) is 6.95. The smallest absolute Gasteiger partial charge is 0.337 e. The Morgan fingerprint density at radius 2 is 1.90 bits per heavy atom. The molecule has 164 valence electrons. The molecule has 0 amide bonds. The quantitative estimate of drug-likeness (QED) is 0.628. The third-order valence-corrected chi connectivity index (χ3v) is 6.00. The Morgan fingerprint density at radius 3 is 2.55 bits per heavy atom. The normalized spacial score (nSPS) is 15.0. The topological polar surface area (TPSA) is 88.1 Å². The molecule has 2 heterocycles. The molecule has 4 rings (SSSR count). The molecule has 0 radical (unpaired) electrons. The van der Waals surface area contributed by atoms with E-state index >= 15 is 0 Å². The van der Waals surface area contributed by atoms with E-state index in [2.05, 4.69) is 4.98 Å². The van der Waals surface area contributed by atoms with Gasteiger partial charge in [0.05, 0.1) is 25.7 Å². The molecule has 1 aliphatic carbocycles. The van der Waals surface area contributed by atoms with Gasteiger partial charge in [-0.25, -0.2) is 14.3 Å². The number of ether oxygens (including phenoxy) is 1. The molecule has 1 aliphatic rings. The lowest BCUT2D eigenvalue weighted by Crippen LogP contribution is -2.42. The Morgan fingerprint density at radius 1 is 1.19 bits per heavy atom. The SMILES string of the molecule is COc1cccc(-n2c(=O)n(C3CCCC3)c(=O)c3c2ncn3CC(=O)C(C)(C)C)c1. The van der Waals surface area contributed by atoms with Gasteiger partial charge in [-0.05, 0) is 25.0 Å². The van der Waals surface area contributed by atoms with E-state index < -0.39 is 11.1 Å². The van der Waals surface area contributed by atoms with E-state index in [1.807, 2.05) is 20.8 Å². The van der Waals surface area contributed by atoms with Crippen LogP contribution in [0.3, 0.4) is 0 Å². The van der Waals surface area contributed by atoms with Gasteiger partial charge in [-0.1, -0.05) is 39.7 Å². The Balaban J connectivity index is 2.01. The van der Waals surface area contributed by atoms with E-state index in [9.17, 15) is 14.4 Å². The van der Waals surface area contributed by atoms with Crippen molar-refractivity contribution >= 4 is 16.9 Å². The molecule has 0 unspecified atom stereocenters. The van der Waals surface area contributed by atoms with Crippen LogP contribution in [0.5, 0.6) is 5.75 Å². The van der Waals surface area contributed by atoms with Crippen molar-refractivity contribution in [2.45, 2.75) is 59.0 Å². The fraction of sp³-hybridized carbons (Fsp3) is 0.478. The number of benzene rings is 1. The first-order valence-electron chi connectivity index (χ1n) is 10.6. The summed E-state index contributed by atoms with van der Waals surface area (Å²) in [7, 11) is 1.56. The van der Waals surface area contributed by atoms with Crippen molar-refractivity contribution in [3.05, 3.63) is 51.4 Å². The number of hydrogen-bond acceptors (Lipinski definition) is 5. The number of carbonyl (C=O) groups excluding carboxylic acids is 1. The number of imidazole rings is 1. The fourth-order valence-electron chi connectivity index (χ4n) is 4.13. The lowest BCUT2D eigenvalue weighted by molar-refractivity contribution is -0.126. The van der Waals surface area contributed by atoms with Gasteiger partial charge in [0.2, 0.25) is 0 Å². The highest BCUT2D eigenvalue weighted by Crippen LogP contribution is 2.28. The predicted molar refractivity (Wildman–Crippen MR) is 118 cm³/mol. The van der Waals surface area contributed by atoms with Crippen LogP contribution >= 0.6 is 0 Å². The van der Waals surface area contributed by atoms with E-state index in [-0.39, 0.29) is 35.1 Å². The van der Waals surface area contributed by atoms with Crippen LogP contribution < -0.4 is 16.0 Å². The van der Waals surface area contributed by atoms with Crippen LogP contribution in [0.2, 0.25) is 0 Å². The maximum absolute atomic E-state index is 13.6. The minimum atomic E-state index is -0.553. The van der Waals surface area contributed by atoms with Gasteiger partial charge >= 0.3 is 5.69 Å². The summed E-state index contributed by atoms with van der Waals surface area (Å²) in [6.45, 7) is 5.56. The molecule has 1 fully saturated rings. The maximum Gasteiger partial charge on any atom is 0.337 e. The van der Waals surface area contributed by atoms with Gasteiger partial charge in [-0.2, -0.15) is 0 Å². The molecule has 0 aliphatic heterocycles. The van der Waals surface area contributed by atoms with Gasteiger partial charge in [-0.15, -0.1) is 0 Å². The minimum Gasteiger partial charge on any atom is -0.497 e. The Labute approximate surface area is 180 Å². The number of fused-ring (bicyclic) bond motifs is 1. The monoisotopic (exact) mass is 424 g/mol. The first-order valence-corrected chi connectivity index (χ1v) is 10.6. The second-order valence-corrected chi connectivity index (χ2v) is 9.15. The van der Waals surface area contributed by atoms with Crippen molar-refractivity contribution in [2.75, 3.05) is 7.11 Å². The molecule has 1 saturated carbocycles. The molecular formula is C23H28N4O4. The largest absolute Gasteiger partial charge is 0.497 e. The van der Waals surface area contributed by atoms with Crippen molar-refractivity contribution in [1.29, 1.82) is 0 Å². The highest BCUT2D eigenvalue weighted by Gasteiger charge is 2.28. The summed E-state index contributed by atoms with van der Waals surface area (Å²) in [5.41, 5.74) is -0.266. The molecule has 31 heavy (non-hydrogen) atoms. The van der Waals surface area contributed by atoms with Gasteiger partial charge in [-0.3, -0.25) is 14.2 Å². The highest BCUT2D eigenvalue weighted by molar-refractivity contribution is 5.85. The third-order valence-electron chi connectivity index (χ3n) is 6.00. The first kappa shape index (κ1) is 21.1. The number of Topliss-reactive ketones (excluding diaryl/α,β-unsaturated/α-hetero) is 1. The van der Waals surface area contributed by atoms with Crippen LogP contribution in [-0.2, 0) is 11.3 Å². The average molecular weight is 425 g/mol. The zero-order valence-corrected chi connectivity index (χ0v) is 18.4. The van der Waals surface area contributed by atoms with Crippen LogP contribution in [0.25, 0.3) is 16.9 Å². The Bertz CT molecular complexity index is 1250. The predicted octanol–water partition coefficient (Wildman–Crippen LogP) is 3.09. The van der Waals surface area contributed by atoms with Gasteiger partial charge in [0, 0.05) is 17.5 Å². The van der Waals surface area contributed by atoms with Crippen molar-refractivity contribution < 1.29 is 9.53 Å². The van der Waals surface area contributed by atoms with Crippen LogP contribution in [0.4, 0.5) is 0 Å². The van der Waals surface area contributed by atoms with Crippen molar-refractivity contribution in [3.8, 4) is 11.4 Å². The van der Waals surface area contributed by atoms with E-state index in [4.69, 9.17) is 4.74 Å². The van der Waals surface area contributed by atoms with Gasteiger partial charge in [0.1, 0.15) is 5.75 Å². The summed E-state index contributed by atoms with van der Waals surface area (Å²) >= 11 is 0. The van der Waals surface area contributed by atoms with Crippen molar-refractivity contribution in [1.82, 2.24) is 18.7 Å². The second-order valence-electron chi connectivity index (χ2n) is 9.15. The zero-order chi connectivity index (χ0) is 22.3. The molecule has 0 saturated heterocycles. The minimum absolute atomic E-state index is 0.0160. The molecule has 0 N–H and O–H groups in total. The molecule has 8 nitrogen and oxygen atoms in total. The maximum atomic E-state index is 13.6. The van der Waals surface area contributed by atoms with E-state index in [0.717, 1.165) is 25.7 Å². The standard InChI is InChI=1S/C23H28N4O4/c1-23(2,3)18(28)13-25-14-24-20-19(25)21(29)27(15-8-5-6-9-15)22(30)26(20)16-10-7-11-17(12-16)31-4/h7,10-12,14-15H,5-6,8-9,13H2,1-4H3. The summed E-state index contributed by atoms with van der Waals surface area (Å²) in [6.07, 6.45) is 5.01. The number of methoxy groups -OCH3 is 1. The molecular weight excluding hydrogens is 396 g/mol. The third kappa shape index (κ3) is 3.71. The Kier molecular flexibility index (Phi) is 5.33. The number of carbonyl (C=O) groups is 1. The van der Waals surface area contributed by atoms with Gasteiger partial charge in [0.15, 0.2) is 16.9 Å². The van der Waals surface area contributed by atoms with Crippen LogP contribution in [0.1, 0.15) is 52.5 Å². The number of rotatable bonds is 5. The van der Waals surface area contributed by atoms with Crippen molar-refractivity contribution in [2.24, 2.45) is 5.41 Å². The lowest BCUT2D eigenvalue weighted by Gasteiger charge is -2.19. The number of nitrogens with zero attached hydrogens (tertiary/aromatic N) is 4. The summed E-state index contributed by atoms with van der Waals surface area (Å²) in [4.78, 5) is 44.1. The van der Waals surface area contributed by atoms with Gasteiger partial charge in [0.25, 0.3) is 5.56 Å². The molecule has 0 bridgehead atoms. The lowest BCUT2D eigenvalue weighted by atomic mass is 9.91. The zero-order valence-electron chi connectivity index (χ0n) is 18.4. The molecule has 0 spiro atoms. The number of hydrogen-bond donors (Lipinski definition) is 0. The van der Waals surface area contributed by atoms with Crippen LogP contribution in [0.15, 0.2) is 40.2 Å². The summed E-state index contributed by atoms with van der Waals surface area (Å²) < 4.78 is 9.71. The molecule has 8 heteroatoms. The molecule has 0 atom stereocenters. The summed E-state index contributed by atoms with van der Waals surface area (Å²) in [5, 5.41) is 0. The van der Waals surface area contributed by atoms with Crippen molar-refractivity contribution in [3.63, 3.8) is 0 Å².